The lowest BCUT2D eigenvalue weighted by Crippen LogP contribution is -2.52. The first kappa shape index (κ1) is 16.8. The molecule has 0 spiro atoms. The summed E-state index contributed by atoms with van der Waals surface area (Å²) < 4.78 is 0. The summed E-state index contributed by atoms with van der Waals surface area (Å²) in [5, 5.41) is 0. The third-order valence-corrected chi connectivity index (χ3v) is 5.52. The van der Waals surface area contributed by atoms with Crippen LogP contribution >= 0.6 is 0 Å². The van der Waals surface area contributed by atoms with E-state index in [1.165, 1.54) is 16.8 Å². The number of piperidine rings is 1. The van der Waals surface area contributed by atoms with Gasteiger partial charge in [0.05, 0.1) is 0 Å². The monoisotopic (exact) mass is 329 g/mol. The number of nitrogens with zero attached hydrogens (tertiary/aromatic N) is 3. The quantitative estimate of drug-likeness (QED) is 0.831. The lowest BCUT2D eigenvalue weighted by Gasteiger charge is -2.39. The Kier molecular flexibility index (Phi) is 4.78. The van der Waals surface area contributed by atoms with Crippen LogP contribution in [-0.2, 0) is 9.59 Å². The summed E-state index contributed by atoms with van der Waals surface area (Å²) in [5.74, 6) is 0.131. The topological polar surface area (TPSA) is 43.9 Å². The molecule has 5 heteroatoms. The minimum absolute atomic E-state index is 0.0913. The second-order valence-corrected chi connectivity index (χ2v) is 7.04. The molecule has 0 bridgehead atoms. The molecule has 0 saturated carbocycles. The van der Waals surface area contributed by atoms with Gasteiger partial charge in [-0.1, -0.05) is 12.1 Å². The molecule has 2 aliphatic rings. The van der Waals surface area contributed by atoms with Crippen LogP contribution in [-0.4, -0.2) is 61.4 Å². The molecule has 130 valence electrons. The molecule has 0 aromatic heterocycles. The predicted molar refractivity (Wildman–Crippen MR) is 95.1 cm³/mol. The Bertz CT molecular complexity index is 635. The summed E-state index contributed by atoms with van der Waals surface area (Å²) in [4.78, 5) is 30.6. The maximum atomic E-state index is 12.7. The zero-order valence-electron chi connectivity index (χ0n) is 14.9. The zero-order valence-corrected chi connectivity index (χ0v) is 14.9. The average Bonchev–Trinajstić information content (AvgIpc) is 2.59. The van der Waals surface area contributed by atoms with E-state index in [2.05, 4.69) is 36.9 Å². The molecular weight excluding hydrogens is 302 g/mol. The van der Waals surface area contributed by atoms with Crippen LogP contribution in [0.1, 0.15) is 24.0 Å². The molecule has 0 N–H and O–H groups in total. The first-order chi connectivity index (χ1) is 11.5. The van der Waals surface area contributed by atoms with Gasteiger partial charge in [-0.3, -0.25) is 9.59 Å². The third kappa shape index (κ3) is 3.25. The van der Waals surface area contributed by atoms with Gasteiger partial charge in [-0.25, -0.2) is 0 Å². The van der Waals surface area contributed by atoms with Crippen molar-refractivity contribution in [3.63, 3.8) is 0 Å². The standard InChI is InChI=1S/C19H27N3O2/c1-14-5-4-6-17(15(14)2)21-9-11-22(12-10-21)19(24)16-7-8-20(3)18(23)13-16/h4-6,16H,7-13H2,1-3H3. The van der Waals surface area contributed by atoms with Crippen LogP contribution in [0.3, 0.4) is 0 Å². The van der Waals surface area contributed by atoms with Crippen molar-refractivity contribution in [3.8, 4) is 0 Å². The number of rotatable bonds is 2. The molecule has 2 heterocycles. The van der Waals surface area contributed by atoms with Gasteiger partial charge in [-0.2, -0.15) is 0 Å². The van der Waals surface area contributed by atoms with E-state index in [1.54, 1.807) is 4.90 Å². The summed E-state index contributed by atoms with van der Waals surface area (Å²) >= 11 is 0. The molecule has 2 saturated heterocycles. The smallest absolute Gasteiger partial charge is 0.226 e. The van der Waals surface area contributed by atoms with Crippen molar-refractivity contribution >= 4 is 17.5 Å². The Morgan fingerprint density at radius 3 is 2.46 bits per heavy atom. The fraction of sp³-hybridized carbons (Fsp3) is 0.579. The molecule has 5 nitrogen and oxygen atoms in total. The Hall–Kier alpha value is -2.04. The van der Waals surface area contributed by atoms with Gasteiger partial charge >= 0.3 is 0 Å². The van der Waals surface area contributed by atoms with Crippen molar-refractivity contribution in [3.05, 3.63) is 29.3 Å². The number of amides is 2. The van der Waals surface area contributed by atoms with Gasteiger partial charge in [0.2, 0.25) is 11.8 Å². The van der Waals surface area contributed by atoms with Crippen molar-refractivity contribution in [2.24, 2.45) is 5.92 Å². The van der Waals surface area contributed by atoms with Crippen LogP contribution in [0.15, 0.2) is 18.2 Å². The van der Waals surface area contributed by atoms with Crippen molar-refractivity contribution in [2.75, 3.05) is 44.7 Å². The normalized spacial score (nSPS) is 22.0. The van der Waals surface area contributed by atoms with Crippen LogP contribution in [0.2, 0.25) is 0 Å². The summed E-state index contributed by atoms with van der Waals surface area (Å²) in [6.45, 7) is 8.19. The van der Waals surface area contributed by atoms with E-state index in [1.807, 2.05) is 11.9 Å². The summed E-state index contributed by atoms with van der Waals surface area (Å²) in [6, 6.07) is 6.39. The Labute approximate surface area is 144 Å². The fourth-order valence-corrected chi connectivity index (χ4v) is 3.66. The molecule has 1 atom stereocenters. The van der Waals surface area contributed by atoms with Crippen molar-refractivity contribution in [2.45, 2.75) is 26.7 Å². The third-order valence-electron chi connectivity index (χ3n) is 5.52. The number of hydrogen-bond acceptors (Lipinski definition) is 3. The van der Waals surface area contributed by atoms with Crippen molar-refractivity contribution in [1.29, 1.82) is 0 Å². The first-order valence-electron chi connectivity index (χ1n) is 8.81. The minimum Gasteiger partial charge on any atom is -0.368 e. The molecule has 1 aromatic rings. The lowest BCUT2D eigenvalue weighted by atomic mass is 9.94. The van der Waals surface area contributed by atoms with E-state index in [0.29, 0.717) is 13.0 Å². The first-order valence-corrected chi connectivity index (χ1v) is 8.81. The summed E-state index contributed by atoms with van der Waals surface area (Å²) in [5.41, 5.74) is 3.89. The number of carbonyl (C=O) groups excluding carboxylic acids is 2. The number of likely N-dealkylation sites (tertiary alicyclic amines) is 1. The second kappa shape index (κ2) is 6.83. The molecule has 2 amide bonds. The van der Waals surface area contributed by atoms with E-state index < -0.39 is 0 Å². The maximum Gasteiger partial charge on any atom is 0.226 e. The molecular formula is C19H27N3O2. The van der Waals surface area contributed by atoms with E-state index in [0.717, 1.165) is 32.6 Å². The van der Waals surface area contributed by atoms with Gasteiger partial charge in [0.1, 0.15) is 0 Å². The molecule has 2 fully saturated rings. The van der Waals surface area contributed by atoms with Crippen LogP contribution in [0, 0.1) is 19.8 Å². The number of piperazine rings is 1. The number of anilines is 1. The molecule has 1 aromatic carbocycles. The Morgan fingerprint density at radius 2 is 1.79 bits per heavy atom. The molecule has 24 heavy (non-hydrogen) atoms. The van der Waals surface area contributed by atoms with Gasteiger partial charge < -0.3 is 14.7 Å². The molecule has 0 radical (unpaired) electrons. The van der Waals surface area contributed by atoms with Gasteiger partial charge in [-0.15, -0.1) is 0 Å². The van der Waals surface area contributed by atoms with Gasteiger partial charge in [0, 0.05) is 57.8 Å². The number of aryl methyl sites for hydroxylation is 1. The van der Waals surface area contributed by atoms with Crippen LogP contribution in [0.25, 0.3) is 0 Å². The van der Waals surface area contributed by atoms with E-state index in [9.17, 15) is 9.59 Å². The van der Waals surface area contributed by atoms with E-state index in [4.69, 9.17) is 0 Å². The highest BCUT2D eigenvalue weighted by atomic mass is 16.2. The van der Waals surface area contributed by atoms with Crippen LogP contribution in [0.4, 0.5) is 5.69 Å². The van der Waals surface area contributed by atoms with Crippen molar-refractivity contribution in [1.82, 2.24) is 9.80 Å². The lowest BCUT2D eigenvalue weighted by molar-refractivity contribution is -0.144. The maximum absolute atomic E-state index is 12.7. The van der Waals surface area contributed by atoms with Crippen molar-refractivity contribution < 1.29 is 9.59 Å². The molecule has 0 aliphatic carbocycles. The summed E-state index contributed by atoms with van der Waals surface area (Å²) in [6.07, 6.45) is 1.16. The van der Waals surface area contributed by atoms with Gasteiger partial charge in [0.25, 0.3) is 0 Å². The molecule has 2 aliphatic heterocycles. The molecule has 1 unspecified atom stereocenters. The summed E-state index contributed by atoms with van der Waals surface area (Å²) in [7, 11) is 1.81. The average molecular weight is 329 g/mol. The predicted octanol–water partition coefficient (Wildman–Crippen LogP) is 1.82. The van der Waals surface area contributed by atoms with E-state index >= 15 is 0 Å². The van der Waals surface area contributed by atoms with E-state index in [-0.39, 0.29) is 17.7 Å². The van der Waals surface area contributed by atoms with Gasteiger partial charge in [0.15, 0.2) is 0 Å². The Balaban J connectivity index is 1.60. The minimum atomic E-state index is -0.124. The largest absolute Gasteiger partial charge is 0.368 e. The van der Waals surface area contributed by atoms with Crippen LogP contribution in [0.5, 0.6) is 0 Å². The number of carbonyl (C=O) groups is 2. The second-order valence-electron chi connectivity index (χ2n) is 7.04. The SMILES string of the molecule is Cc1cccc(N2CCN(C(=O)C3CCN(C)C(=O)C3)CC2)c1C. The van der Waals surface area contributed by atoms with Crippen LogP contribution < -0.4 is 4.90 Å². The number of hydrogen-bond donors (Lipinski definition) is 0. The number of benzene rings is 1. The fourth-order valence-electron chi connectivity index (χ4n) is 3.66. The zero-order chi connectivity index (χ0) is 17.3. The Morgan fingerprint density at radius 1 is 1.08 bits per heavy atom. The van der Waals surface area contributed by atoms with Gasteiger partial charge in [-0.05, 0) is 37.5 Å². The highest BCUT2D eigenvalue weighted by Gasteiger charge is 2.33. The molecule has 3 rings (SSSR count). The highest BCUT2D eigenvalue weighted by Crippen LogP contribution is 2.25. The highest BCUT2D eigenvalue weighted by molar-refractivity contribution is 5.87.